The van der Waals surface area contributed by atoms with Gasteiger partial charge in [0.05, 0.1) is 10.9 Å². The molecular formula is C15H15N5OS2. The molecule has 118 valence electrons. The molecule has 0 aliphatic rings. The molecule has 0 saturated carbocycles. The van der Waals surface area contributed by atoms with Crippen molar-refractivity contribution in [1.82, 2.24) is 20.2 Å². The van der Waals surface area contributed by atoms with Gasteiger partial charge < -0.3 is 5.32 Å². The number of nitrogens with one attached hydrogen (secondary N) is 2. The summed E-state index contributed by atoms with van der Waals surface area (Å²) < 4.78 is 0. The number of thiazole rings is 1. The number of aromatic nitrogens is 4. The molecule has 0 bridgehead atoms. The van der Waals surface area contributed by atoms with Gasteiger partial charge in [-0.25, -0.2) is 9.97 Å². The van der Waals surface area contributed by atoms with E-state index in [4.69, 9.17) is 0 Å². The standard InChI is InChI=1S/C15H15N5OS2/c1-9(23-15-16-10(2)19-20-15)13(21)18-14-17-12(8-22-14)11-6-4-3-5-7-11/h3-9H,1-2H3,(H,16,19,20)(H,17,18,21). The van der Waals surface area contributed by atoms with E-state index in [1.807, 2.05) is 49.6 Å². The molecule has 0 aliphatic heterocycles. The molecule has 2 aromatic heterocycles. The van der Waals surface area contributed by atoms with Gasteiger partial charge in [0.25, 0.3) is 0 Å². The lowest BCUT2D eigenvalue weighted by Crippen LogP contribution is -2.22. The molecule has 0 fully saturated rings. The summed E-state index contributed by atoms with van der Waals surface area (Å²) in [5.74, 6) is 0.610. The summed E-state index contributed by atoms with van der Waals surface area (Å²) in [5, 5.41) is 12.4. The van der Waals surface area contributed by atoms with E-state index in [1.165, 1.54) is 23.1 Å². The van der Waals surface area contributed by atoms with Gasteiger partial charge in [-0.1, -0.05) is 42.1 Å². The molecule has 2 N–H and O–H groups in total. The number of nitrogens with zero attached hydrogens (tertiary/aromatic N) is 3. The zero-order valence-corrected chi connectivity index (χ0v) is 14.2. The molecule has 6 nitrogen and oxygen atoms in total. The Labute approximate surface area is 141 Å². The zero-order valence-electron chi connectivity index (χ0n) is 12.6. The summed E-state index contributed by atoms with van der Waals surface area (Å²) >= 11 is 2.72. The van der Waals surface area contributed by atoms with Gasteiger partial charge in [0.2, 0.25) is 11.1 Å². The Balaban J connectivity index is 1.63. The minimum atomic E-state index is -0.311. The summed E-state index contributed by atoms with van der Waals surface area (Å²) in [6.07, 6.45) is 0. The van der Waals surface area contributed by atoms with E-state index in [2.05, 4.69) is 25.5 Å². The molecule has 1 atom stereocenters. The number of carbonyl (C=O) groups excluding carboxylic acids is 1. The van der Waals surface area contributed by atoms with Crippen LogP contribution in [0.3, 0.4) is 0 Å². The van der Waals surface area contributed by atoms with Crippen molar-refractivity contribution in [2.45, 2.75) is 24.3 Å². The second-order valence-electron chi connectivity index (χ2n) is 4.86. The molecular weight excluding hydrogens is 330 g/mol. The summed E-state index contributed by atoms with van der Waals surface area (Å²) in [7, 11) is 0. The van der Waals surface area contributed by atoms with Gasteiger partial charge in [-0.15, -0.1) is 16.4 Å². The Kier molecular flexibility index (Phi) is 4.73. The van der Waals surface area contributed by atoms with Crippen LogP contribution in [0.15, 0.2) is 40.9 Å². The van der Waals surface area contributed by atoms with Crippen LogP contribution in [0, 0.1) is 6.92 Å². The second-order valence-corrected chi connectivity index (χ2v) is 7.02. The van der Waals surface area contributed by atoms with Gasteiger partial charge in [-0.05, 0) is 13.8 Å². The predicted octanol–water partition coefficient (Wildman–Crippen LogP) is 3.36. The number of rotatable bonds is 5. The van der Waals surface area contributed by atoms with E-state index < -0.39 is 0 Å². The maximum atomic E-state index is 12.2. The second kappa shape index (κ2) is 6.93. The molecule has 0 aliphatic carbocycles. The number of aromatic amines is 1. The SMILES string of the molecule is Cc1nc(SC(C)C(=O)Nc2nc(-c3ccccc3)cs2)n[nH]1. The number of carbonyl (C=O) groups is 1. The third-order valence-electron chi connectivity index (χ3n) is 3.03. The van der Waals surface area contributed by atoms with Crippen molar-refractivity contribution >= 4 is 34.1 Å². The van der Waals surface area contributed by atoms with Crippen molar-refractivity contribution < 1.29 is 4.79 Å². The molecule has 8 heteroatoms. The maximum Gasteiger partial charge on any atom is 0.239 e. The Morgan fingerprint density at radius 3 is 2.78 bits per heavy atom. The minimum Gasteiger partial charge on any atom is -0.301 e. The third-order valence-corrected chi connectivity index (χ3v) is 4.75. The number of H-pyrrole nitrogens is 1. The maximum absolute atomic E-state index is 12.2. The number of amides is 1. The molecule has 0 radical (unpaired) electrons. The fourth-order valence-corrected chi connectivity index (χ4v) is 3.36. The van der Waals surface area contributed by atoms with Crippen molar-refractivity contribution in [3.8, 4) is 11.3 Å². The lowest BCUT2D eigenvalue weighted by atomic mass is 10.2. The Hall–Kier alpha value is -2.19. The Bertz CT molecular complexity index is 799. The summed E-state index contributed by atoms with van der Waals surface area (Å²) in [6, 6.07) is 9.87. The fourth-order valence-electron chi connectivity index (χ4n) is 1.87. The molecule has 2 heterocycles. The van der Waals surface area contributed by atoms with Gasteiger partial charge in [0.1, 0.15) is 5.82 Å². The van der Waals surface area contributed by atoms with E-state index in [0.717, 1.165) is 17.1 Å². The smallest absolute Gasteiger partial charge is 0.239 e. The third kappa shape index (κ3) is 3.96. The average Bonchev–Trinajstić information content (AvgIpc) is 3.17. The predicted molar refractivity (Wildman–Crippen MR) is 92.6 cm³/mol. The summed E-state index contributed by atoms with van der Waals surface area (Å²) in [5.41, 5.74) is 1.89. The number of hydrogen-bond donors (Lipinski definition) is 2. The first-order valence-corrected chi connectivity index (χ1v) is 8.75. The molecule has 3 aromatic rings. The van der Waals surface area contributed by atoms with Crippen molar-refractivity contribution in [2.75, 3.05) is 5.32 Å². The lowest BCUT2D eigenvalue weighted by Gasteiger charge is -2.07. The van der Waals surface area contributed by atoms with Crippen LogP contribution in [-0.4, -0.2) is 31.3 Å². The van der Waals surface area contributed by atoms with Gasteiger partial charge >= 0.3 is 0 Å². The highest BCUT2D eigenvalue weighted by molar-refractivity contribution is 8.00. The first-order chi connectivity index (χ1) is 11.1. The van der Waals surface area contributed by atoms with Crippen molar-refractivity contribution in [1.29, 1.82) is 0 Å². The first-order valence-electron chi connectivity index (χ1n) is 6.99. The monoisotopic (exact) mass is 345 g/mol. The highest BCUT2D eigenvalue weighted by Gasteiger charge is 2.18. The van der Waals surface area contributed by atoms with Gasteiger partial charge in [0.15, 0.2) is 5.13 Å². The summed E-state index contributed by atoms with van der Waals surface area (Å²) in [4.78, 5) is 20.9. The zero-order chi connectivity index (χ0) is 16.2. The van der Waals surface area contributed by atoms with Crippen LogP contribution >= 0.6 is 23.1 Å². The average molecular weight is 345 g/mol. The highest BCUT2D eigenvalue weighted by atomic mass is 32.2. The van der Waals surface area contributed by atoms with E-state index in [0.29, 0.717) is 10.3 Å². The van der Waals surface area contributed by atoms with Crippen LogP contribution < -0.4 is 5.32 Å². The largest absolute Gasteiger partial charge is 0.301 e. The molecule has 1 unspecified atom stereocenters. The van der Waals surface area contributed by atoms with Crippen LogP contribution in [0.1, 0.15) is 12.7 Å². The van der Waals surface area contributed by atoms with Crippen molar-refractivity contribution in [2.24, 2.45) is 0 Å². The fraction of sp³-hybridized carbons (Fsp3) is 0.200. The molecule has 1 aromatic carbocycles. The number of thioether (sulfide) groups is 1. The number of hydrogen-bond acceptors (Lipinski definition) is 6. The van der Waals surface area contributed by atoms with Gasteiger partial charge in [-0.2, -0.15) is 0 Å². The van der Waals surface area contributed by atoms with Crippen LogP contribution in [0.25, 0.3) is 11.3 Å². The minimum absolute atomic E-state index is 0.119. The highest BCUT2D eigenvalue weighted by Crippen LogP contribution is 2.26. The normalized spacial score (nSPS) is 12.1. The van der Waals surface area contributed by atoms with E-state index in [1.54, 1.807) is 0 Å². The lowest BCUT2D eigenvalue weighted by molar-refractivity contribution is -0.115. The first kappa shape index (κ1) is 15.7. The Morgan fingerprint density at radius 1 is 1.30 bits per heavy atom. The topological polar surface area (TPSA) is 83.6 Å². The van der Waals surface area contributed by atoms with Crippen LogP contribution in [-0.2, 0) is 4.79 Å². The molecule has 1 amide bonds. The van der Waals surface area contributed by atoms with E-state index in [9.17, 15) is 4.79 Å². The summed E-state index contributed by atoms with van der Waals surface area (Å²) in [6.45, 7) is 3.64. The molecule has 0 saturated heterocycles. The van der Waals surface area contributed by atoms with Crippen LogP contribution in [0.5, 0.6) is 0 Å². The quantitative estimate of drug-likeness (QED) is 0.693. The van der Waals surface area contributed by atoms with Crippen molar-refractivity contribution in [3.05, 3.63) is 41.5 Å². The van der Waals surface area contributed by atoms with Crippen LogP contribution in [0.2, 0.25) is 0 Å². The van der Waals surface area contributed by atoms with Gasteiger partial charge in [0, 0.05) is 10.9 Å². The molecule has 0 spiro atoms. The number of aryl methyl sites for hydroxylation is 1. The van der Waals surface area contributed by atoms with E-state index >= 15 is 0 Å². The Morgan fingerprint density at radius 2 is 2.09 bits per heavy atom. The number of benzene rings is 1. The van der Waals surface area contributed by atoms with Crippen LogP contribution in [0.4, 0.5) is 5.13 Å². The molecule has 3 rings (SSSR count). The van der Waals surface area contributed by atoms with Crippen molar-refractivity contribution in [3.63, 3.8) is 0 Å². The van der Waals surface area contributed by atoms with Gasteiger partial charge in [-0.3, -0.25) is 9.89 Å². The number of anilines is 1. The molecule has 23 heavy (non-hydrogen) atoms. The van der Waals surface area contributed by atoms with E-state index in [-0.39, 0.29) is 11.2 Å².